The summed E-state index contributed by atoms with van der Waals surface area (Å²) in [5, 5.41) is 2.31. The lowest BCUT2D eigenvalue weighted by molar-refractivity contribution is 0.256. The van der Waals surface area contributed by atoms with E-state index in [1.54, 1.807) is 0 Å². The molecule has 0 unspecified atom stereocenters. The average molecular weight is 407 g/mol. The van der Waals surface area contributed by atoms with Crippen LogP contribution >= 0.6 is 0 Å². The molecule has 0 aliphatic rings. The van der Waals surface area contributed by atoms with Gasteiger partial charge in [0.1, 0.15) is 6.33 Å². The average Bonchev–Trinajstić information content (AvgIpc) is 2.61. The van der Waals surface area contributed by atoms with Crippen molar-refractivity contribution in [2.75, 3.05) is 12.4 Å². The Balaban J connectivity index is 2.38. The molecule has 0 bridgehead atoms. The van der Waals surface area contributed by atoms with Gasteiger partial charge < -0.3 is 10.1 Å². The van der Waals surface area contributed by atoms with E-state index in [9.17, 15) is 13.2 Å². The molecule has 0 spiro atoms. The fraction of sp³-hybridized carbons (Fsp3) is 0.421. The molecule has 9 heteroatoms. The number of hydrogen-bond donors (Lipinski definition) is 2. The quantitative estimate of drug-likeness (QED) is 0.710. The van der Waals surface area contributed by atoms with E-state index in [0.29, 0.717) is 5.69 Å². The van der Waals surface area contributed by atoms with E-state index in [-0.39, 0.29) is 17.6 Å². The van der Waals surface area contributed by atoms with Crippen LogP contribution in [0.5, 0.6) is 5.75 Å². The van der Waals surface area contributed by atoms with Crippen molar-refractivity contribution < 1.29 is 17.9 Å². The van der Waals surface area contributed by atoms with Crippen molar-refractivity contribution in [2.45, 2.75) is 51.5 Å². The predicted molar refractivity (Wildman–Crippen MR) is 107 cm³/mol. The number of carbonyl (C=O) groups excluding carboxylic acids is 1. The van der Waals surface area contributed by atoms with Crippen molar-refractivity contribution in [1.82, 2.24) is 14.7 Å². The second-order valence-electron chi connectivity index (χ2n) is 7.08. The van der Waals surface area contributed by atoms with E-state index in [1.807, 2.05) is 51.5 Å². The third-order valence-corrected chi connectivity index (χ3v) is 5.44. The lowest BCUT2D eigenvalue weighted by Crippen LogP contribution is -2.35. The molecule has 1 aromatic carbocycles. The Kier molecular flexibility index (Phi) is 6.60. The summed E-state index contributed by atoms with van der Waals surface area (Å²) in [4.78, 5) is 20.0. The maximum Gasteiger partial charge on any atom is 0.333 e. The Labute approximate surface area is 165 Å². The van der Waals surface area contributed by atoms with Crippen LogP contribution in [0.2, 0.25) is 0 Å². The molecule has 2 aromatic rings. The molecule has 152 valence electrons. The molecule has 1 heterocycles. The van der Waals surface area contributed by atoms with Gasteiger partial charge in [-0.15, -0.1) is 0 Å². The number of nitrogens with zero attached hydrogens (tertiary/aromatic N) is 2. The number of amides is 2. The Morgan fingerprint density at radius 3 is 2.18 bits per heavy atom. The van der Waals surface area contributed by atoms with Crippen LogP contribution < -0.4 is 14.8 Å². The summed E-state index contributed by atoms with van der Waals surface area (Å²) in [6, 6.07) is 3.12. The summed E-state index contributed by atoms with van der Waals surface area (Å²) in [5.41, 5.74) is 3.58. The summed E-state index contributed by atoms with van der Waals surface area (Å²) in [6.07, 6.45) is 2.29. The first-order valence-electron chi connectivity index (χ1n) is 8.89. The van der Waals surface area contributed by atoms with Crippen LogP contribution in [-0.2, 0) is 10.0 Å². The van der Waals surface area contributed by atoms with Gasteiger partial charge in [0.2, 0.25) is 5.03 Å². The molecule has 28 heavy (non-hydrogen) atoms. The number of ether oxygens (including phenoxy) is 1. The van der Waals surface area contributed by atoms with Gasteiger partial charge in [0.25, 0.3) is 10.0 Å². The summed E-state index contributed by atoms with van der Waals surface area (Å²) < 4.78 is 32.1. The molecule has 0 aliphatic heterocycles. The van der Waals surface area contributed by atoms with Crippen LogP contribution in [-0.4, -0.2) is 31.5 Å². The van der Waals surface area contributed by atoms with Gasteiger partial charge in [-0.05, 0) is 29.9 Å². The molecule has 0 saturated carbocycles. The molecule has 0 aliphatic carbocycles. The highest BCUT2D eigenvalue weighted by atomic mass is 32.2. The molecule has 0 fully saturated rings. The van der Waals surface area contributed by atoms with E-state index in [0.717, 1.165) is 23.0 Å². The minimum absolute atomic E-state index is 0.0520. The van der Waals surface area contributed by atoms with Crippen LogP contribution in [0.4, 0.5) is 10.5 Å². The molecule has 0 atom stereocenters. The number of carbonyl (C=O) groups is 1. The fourth-order valence-electron chi connectivity index (χ4n) is 2.86. The number of hydrogen-bond acceptors (Lipinski definition) is 6. The SMILES string of the molecule is COc1cncnc1S(=O)(=O)NC(=O)Nc1c(C(C)C)cc(C)cc1C(C)C. The number of aryl methyl sites for hydroxylation is 1. The number of anilines is 1. The van der Waals surface area contributed by atoms with Gasteiger partial charge in [-0.1, -0.05) is 45.4 Å². The Morgan fingerprint density at radius 2 is 1.68 bits per heavy atom. The van der Waals surface area contributed by atoms with Crippen LogP contribution in [0.15, 0.2) is 29.7 Å². The largest absolute Gasteiger partial charge is 0.492 e. The normalized spacial score (nSPS) is 11.6. The predicted octanol–water partition coefficient (Wildman–Crippen LogP) is 3.55. The molecule has 1 aromatic heterocycles. The highest BCUT2D eigenvalue weighted by Crippen LogP contribution is 2.34. The van der Waals surface area contributed by atoms with Crippen LogP contribution in [0.25, 0.3) is 0 Å². The monoisotopic (exact) mass is 406 g/mol. The number of benzene rings is 1. The van der Waals surface area contributed by atoms with Gasteiger partial charge in [0.15, 0.2) is 5.75 Å². The zero-order chi connectivity index (χ0) is 21.1. The molecule has 0 saturated heterocycles. The highest BCUT2D eigenvalue weighted by Gasteiger charge is 2.25. The fourth-order valence-corrected chi connectivity index (χ4v) is 3.83. The molecule has 2 amide bonds. The molecule has 2 rings (SSSR count). The summed E-state index contributed by atoms with van der Waals surface area (Å²) in [5.74, 6) is 0.237. The summed E-state index contributed by atoms with van der Waals surface area (Å²) >= 11 is 0. The van der Waals surface area contributed by atoms with Gasteiger partial charge in [-0.3, -0.25) is 0 Å². The zero-order valence-corrected chi connectivity index (χ0v) is 17.7. The van der Waals surface area contributed by atoms with E-state index in [4.69, 9.17) is 4.74 Å². The molecular weight excluding hydrogens is 380 g/mol. The minimum Gasteiger partial charge on any atom is -0.492 e. The maximum absolute atomic E-state index is 12.6. The van der Waals surface area contributed by atoms with E-state index in [1.165, 1.54) is 13.3 Å². The van der Waals surface area contributed by atoms with Crippen molar-refractivity contribution >= 4 is 21.7 Å². The molecule has 2 N–H and O–H groups in total. The smallest absolute Gasteiger partial charge is 0.333 e. The first-order chi connectivity index (χ1) is 13.1. The zero-order valence-electron chi connectivity index (χ0n) is 16.9. The lowest BCUT2D eigenvalue weighted by Gasteiger charge is -2.21. The first-order valence-corrected chi connectivity index (χ1v) is 10.4. The van der Waals surface area contributed by atoms with Gasteiger partial charge in [0, 0.05) is 5.69 Å². The Bertz CT molecular complexity index is 943. The second-order valence-corrected chi connectivity index (χ2v) is 8.68. The lowest BCUT2D eigenvalue weighted by atomic mass is 9.90. The van der Waals surface area contributed by atoms with Gasteiger partial charge in [-0.2, -0.15) is 8.42 Å². The third-order valence-electron chi connectivity index (χ3n) is 4.17. The molecule has 8 nitrogen and oxygen atoms in total. The topological polar surface area (TPSA) is 110 Å². The third kappa shape index (κ3) is 4.78. The van der Waals surface area contributed by atoms with Crippen LogP contribution in [0, 0.1) is 6.92 Å². The van der Waals surface area contributed by atoms with Crippen molar-refractivity contribution in [3.05, 3.63) is 41.3 Å². The number of aromatic nitrogens is 2. The van der Waals surface area contributed by atoms with Crippen LogP contribution in [0.1, 0.15) is 56.2 Å². The number of methoxy groups -OCH3 is 1. The van der Waals surface area contributed by atoms with Crippen molar-refractivity contribution in [2.24, 2.45) is 0 Å². The van der Waals surface area contributed by atoms with Gasteiger partial charge in [-0.25, -0.2) is 19.5 Å². The Morgan fingerprint density at radius 1 is 1.11 bits per heavy atom. The second kappa shape index (κ2) is 8.55. The summed E-state index contributed by atoms with van der Waals surface area (Å²) in [6.45, 7) is 10.1. The highest BCUT2D eigenvalue weighted by molar-refractivity contribution is 7.90. The van der Waals surface area contributed by atoms with Crippen molar-refractivity contribution in [1.29, 1.82) is 0 Å². The van der Waals surface area contributed by atoms with Crippen molar-refractivity contribution in [3.63, 3.8) is 0 Å². The number of sulfonamides is 1. The summed E-state index contributed by atoms with van der Waals surface area (Å²) in [7, 11) is -2.94. The number of nitrogens with one attached hydrogen (secondary N) is 2. The van der Waals surface area contributed by atoms with E-state index >= 15 is 0 Å². The minimum atomic E-state index is -4.23. The number of rotatable bonds is 6. The van der Waals surface area contributed by atoms with Crippen LogP contribution in [0.3, 0.4) is 0 Å². The Hall–Kier alpha value is -2.68. The van der Waals surface area contributed by atoms with Crippen molar-refractivity contribution in [3.8, 4) is 5.75 Å². The van der Waals surface area contributed by atoms with E-state index < -0.39 is 21.1 Å². The van der Waals surface area contributed by atoms with Gasteiger partial charge in [0.05, 0.1) is 13.3 Å². The standard InChI is InChI=1S/C19H26N4O4S/c1-11(2)14-7-13(5)8-15(12(3)4)17(14)22-19(24)23-28(25,26)18-16(27-6)9-20-10-21-18/h7-12H,1-6H3,(H2,22,23,24). The van der Waals surface area contributed by atoms with E-state index in [2.05, 4.69) is 15.3 Å². The first kappa shape index (κ1) is 21.6. The van der Waals surface area contributed by atoms with Gasteiger partial charge >= 0.3 is 6.03 Å². The molecule has 0 radical (unpaired) electrons. The maximum atomic E-state index is 12.6. The molecular formula is C19H26N4O4S. The number of urea groups is 1.